The molecule has 1 amide bonds. The van der Waals surface area contributed by atoms with Crippen molar-refractivity contribution < 1.29 is 15.0 Å². The van der Waals surface area contributed by atoms with Crippen LogP contribution < -0.4 is 0 Å². The molecule has 0 aromatic heterocycles. The second-order valence-electron chi connectivity index (χ2n) is 11.4. The maximum Gasteiger partial charge on any atom is 0.253 e. The highest BCUT2D eigenvalue weighted by atomic mass is 16.3. The third kappa shape index (κ3) is 6.42. The van der Waals surface area contributed by atoms with E-state index in [1.165, 1.54) is 23.1 Å². The Bertz CT molecular complexity index is 1150. The first-order chi connectivity index (χ1) is 18.0. The average Bonchev–Trinajstić information content (AvgIpc) is 3.42. The molecule has 2 fully saturated rings. The number of likely N-dealkylation sites (tertiary alicyclic amines) is 1. The number of fused-ring (bicyclic) bond motifs is 1. The minimum absolute atomic E-state index is 0.0939. The molecule has 3 aliphatic rings. The van der Waals surface area contributed by atoms with Crippen molar-refractivity contribution in [2.24, 2.45) is 17.8 Å². The molecular formula is C33H41NO3. The number of nitrogens with zero attached hydrogens (tertiary/aromatic N) is 1. The van der Waals surface area contributed by atoms with E-state index < -0.39 is 6.10 Å². The van der Waals surface area contributed by atoms with E-state index in [1.54, 1.807) is 0 Å². The van der Waals surface area contributed by atoms with Gasteiger partial charge < -0.3 is 15.1 Å². The second-order valence-corrected chi connectivity index (χ2v) is 11.4. The van der Waals surface area contributed by atoms with Crippen molar-refractivity contribution in [1.29, 1.82) is 0 Å². The summed E-state index contributed by atoms with van der Waals surface area (Å²) >= 11 is 0. The predicted octanol–water partition coefficient (Wildman–Crippen LogP) is 5.66. The summed E-state index contributed by atoms with van der Waals surface area (Å²) in [5.41, 5.74) is 5.83. The molecule has 0 spiro atoms. The molecule has 1 heterocycles. The molecule has 2 aliphatic carbocycles. The first kappa shape index (κ1) is 25.9. The quantitative estimate of drug-likeness (QED) is 0.461. The minimum Gasteiger partial charge on any atom is -0.392 e. The van der Waals surface area contributed by atoms with E-state index in [4.69, 9.17) is 0 Å². The molecule has 5 atom stereocenters. The first-order valence-corrected chi connectivity index (χ1v) is 14.1. The van der Waals surface area contributed by atoms with Gasteiger partial charge in [-0.1, -0.05) is 65.8 Å². The summed E-state index contributed by atoms with van der Waals surface area (Å²) in [5.74, 6) is 1.10. The van der Waals surface area contributed by atoms with Crippen LogP contribution in [0.3, 0.4) is 0 Å². The molecular weight excluding hydrogens is 458 g/mol. The molecule has 4 nitrogen and oxygen atoms in total. The van der Waals surface area contributed by atoms with Gasteiger partial charge in [-0.15, -0.1) is 0 Å². The van der Waals surface area contributed by atoms with Crippen LogP contribution in [0.4, 0.5) is 0 Å². The molecule has 37 heavy (non-hydrogen) atoms. The topological polar surface area (TPSA) is 60.8 Å². The number of aliphatic hydroxyl groups excluding tert-OH is 2. The molecule has 5 rings (SSSR count). The zero-order chi connectivity index (χ0) is 25.8. The lowest BCUT2D eigenvalue weighted by Crippen LogP contribution is -2.35. The third-order valence-electron chi connectivity index (χ3n) is 8.58. The lowest BCUT2D eigenvalue weighted by molar-refractivity contribution is 0.0724. The van der Waals surface area contributed by atoms with Crippen molar-refractivity contribution in [2.45, 2.75) is 70.5 Å². The van der Waals surface area contributed by atoms with Crippen molar-refractivity contribution in [3.63, 3.8) is 0 Å². The molecule has 4 heteroatoms. The Morgan fingerprint density at radius 1 is 1.05 bits per heavy atom. The van der Waals surface area contributed by atoms with Crippen LogP contribution in [0.25, 0.3) is 0 Å². The fraction of sp³-hybridized carbons (Fsp3) is 0.485. The van der Waals surface area contributed by atoms with Crippen LogP contribution in [0.1, 0.15) is 65.6 Å². The van der Waals surface area contributed by atoms with Crippen LogP contribution in [0.5, 0.6) is 0 Å². The van der Waals surface area contributed by atoms with E-state index in [9.17, 15) is 15.0 Å². The van der Waals surface area contributed by atoms with Crippen LogP contribution in [-0.2, 0) is 12.8 Å². The smallest absolute Gasteiger partial charge is 0.253 e. The SMILES string of the molecule is Cc1cccc(C[C@H](O)C=C[C@@H]2[C@H]3CC(CCc4cccc(C(=O)N5CCCCC5)c4)=C[C@H]3C[C@H]2O)c1. The summed E-state index contributed by atoms with van der Waals surface area (Å²) in [6.07, 6.45) is 13.3. The van der Waals surface area contributed by atoms with Crippen molar-refractivity contribution in [3.05, 3.63) is 94.6 Å². The Morgan fingerprint density at radius 3 is 2.65 bits per heavy atom. The number of carbonyl (C=O) groups excluding carboxylic acids is 1. The molecule has 0 bridgehead atoms. The van der Waals surface area contributed by atoms with E-state index in [-0.39, 0.29) is 17.9 Å². The highest BCUT2D eigenvalue weighted by molar-refractivity contribution is 5.94. The second kappa shape index (κ2) is 11.8. The number of carbonyl (C=O) groups is 1. The monoisotopic (exact) mass is 499 g/mol. The lowest BCUT2D eigenvalue weighted by Gasteiger charge is -2.26. The fourth-order valence-corrected chi connectivity index (χ4v) is 6.64. The highest BCUT2D eigenvalue weighted by Gasteiger charge is 2.43. The predicted molar refractivity (Wildman–Crippen MR) is 148 cm³/mol. The Morgan fingerprint density at radius 2 is 1.84 bits per heavy atom. The Hall–Kier alpha value is -2.69. The van der Waals surface area contributed by atoms with Gasteiger partial charge in [0, 0.05) is 31.0 Å². The van der Waals surface area contributed by atoms with Crippen molar-refractivity contribution in [3.8, 4) is 0 Å². The number of rotatable bonds is 8. The summed E-state index contributed by atoms with van der Waals surface area (Å²) < 4.78 is 0. The number of hydrogen-bond acceptors (Lipinski definition) is 3. The number of aryl methyl sites for hydroxylation is 2. The van der Waals surface area contributed by atoms with E-state index in [0.29, 0.717) is 18.3 Å². The van der Waals surface area contributed by atoms with Gasteiger partial charge >= 0.3 is 0 Å². The number of benzene rings is 2. The van der Waals surface area contributed by atoms with Crippen molar-refractivity contribution in [2.75, 3.05) is 13.1 Å². The van der Waals surface area contributed by atoms with Crippen LogP contribution in [-0.4, -0.2) is 46.3 Å². The Labute approximate surface area is 221 Å². The van der Waals surface area contributed by atoms with E-state index in [2.05, 4.69) is 49.4 Å². The number of allylic oxidation sites excluding steroid dienone is 2. The van der Waals surface area contributed by atoms with Crippen molar-refractivity contribution >= 4 is 5.91 Å². The zero-order valence-electron chi connectivity index (χ0n) is 22.1. The summed E-state index contributed by atoms with van der Waals surface area (Å²) in [5, 5.41) is 21.3. The zero-order valence-corrected chi connectivity index (χ0v) is 22.1. The molecule has 0 radical (unpaired) electrons. The molecule has 1 aliphatic heterocycles. The van der Waals surface area contributed by atoms with Crippen LogP contribution in [0.2, 0.25) is 0 Å². The summed E-state index contributed by atoms with van der Waals surface area (Å²) in [7, 11) is 0. The standard InChI is InChI=1S/C33H41NO3/c1-23-7-5-9-25(17-23)20-29(35)13-14-30-31-21-26(19-28(31)22-32(30)36)12-11-24-8-6-10-27(18-24)33(37)34-15-3-2-4-16-34/h5-10,13-14,17-19,28-32,35-36H,2-4,11-12,15-16,20-22H2,1H3/t28-,29+,30+,31-,32+/m0/s1. The molecule has 0 unspecified atom stereocenters. The fourth-order valence-electron chi connectivity index (χ4n) is 6.64. The van der Waals surface area contributed by atoms with Gasteiger partial charge in [-0.2, -0.15) is 0 Å². The van der Waals surface area contributed by atoms with Gasteiger partial charge in [0.1, 0.15) is 0 Å². The van der Waals surface area contributed by atoms with Crippen LogP contribution in [0.15, 0.2) is 72.3 Å². The number of amides is 1. The third-order valence-corrected chi connectivity index (χ3v) is 8.58. The molecule has 1 saturated heterocycles. The van der Waals surface area contributed by atoms with E-state index in [1.807, 2.05) is 29.2 Å². The molecule has 2 aromatic carbocycles. The number of hydrogen-bond donors (Lipinski definition) is 2. The van der Waals surface area contributed by atoms with Gasteiger partial charge in [0.2, 0.25) is 0 Å². The maximum atomic E-state index is 12.9. The van der Waals surface area contributed by atoms with Crippen LogP contribution in [0, 0.1) is 24.7 Å². The number of piperidine rings is 1. The van der Waals surface area contributed by atoms with E-state index in [0.717, 1.165) is 62.7 Å². The largest absolute Gasteiger partial charge is 0.392 e. The van der Waals surface area contributed by atoms with E-state index >= 15 is 0 Å². The molecule has 196 valence electrons. The summed E-state index contributed by atoms with van der Waals surface area (Å²) in [4.78, 5) is 14.9. The average molecular weight is 500 g/mol. The maximum absolute atomic E-state index is 12.9. The summed E-state index contributed by atoms with van der Waals surface area (Å²) in [6.45, 7) is 3.82. The van der Waals surface area contributed by atoms with Gasteiger partial charge in [-0.25, -0.2) is 0 Å². The minimum atomic E-state index is -0.540. The van der Waals surface area contributed by atoms with Gasteiger partial charge in [-0.3, -0.25) is 4.79 Å². The van der Waals surface area contributed by atoms with Crippen molar-refractivity contribution in [1.82, 2.24) is 4.90 Å². The van der Waals surface area contributed by atoms with Gasteiger partial charge in [-0.05, 0) is 87.0 Å². The Balaban J connectivity index is 1.15. The molecule has 1 saturated carbocycles. The van der Waals surface area contributed by atoms with Gasteiger partial charge in [0.25, 0.3) is 5.91 Å². The summed E-state index contributed by atoms with van der Waals surface area (Å²) in [6, 6.07) is 16.4. The molecule has 2 aromatic rings. The number of aliphatic hydroxyl groups is 2. The Kier molecular flexibility index (Phi) is 8.26. The normalized spacial score (nSPS) is 26.4. The lowest BCUT2D eigenvalue weighted by atomic mass is 9.88. The highest BCUT2D eigenvalue weighted by Crippen LogP contribution is 2.48. The molecule has 2 N–H and O–H groups in total. The first-order valence-electron chi connectivity index (χ1n) is 14.1. The van der Waals surface area contributed by atoms with Crippen LogP contribution >= 0.6 is 0 Å². The van der Waals surface area contributed by atoms with Gasteiger partial charge in [0.05, 0.1) is 12.2 Å². The van der Waals surface area contributed by atoms with Gasteiger partial charge in [0.15, 0.2) is 0 Å².